The minimum Gasteiger partial charge on any atom is -0.481 e. The molecule has 1 aromatic carbocycles. The Labute approximate surface area is 127 Å². The molecular weight excluding hydrogens is 286 g/mol. The lowest BCUT2D eigenvalue weighted by atomic mass is 9.69. The van der Waals surface area contributed by atoms with Crippen molar-refractivity contribution in [1.29, 1.82) is 0 Å². The molecule has 6 nitrogen and oxygen atoms in total. The summed E-state index contributed by atoms with van der Waals surface area (Å²) in [6, 6.07) is 6.97. The predicted molar refractivity (Wildman–Crippen MR) is 76.1 cm³/mol. The summed E-state index contributed by atoms with van der Waals surface area (Å²) in [6.07, 6.45) is 1.47. The Morgan fingerprint density at radius 2 is 2.05 bits per heavy atom. The van der Waals surface area contributed by atoms with E-state index in [1.165, 1.54) is 0 Å². The van der Waals surface area contributed by atoms with E-state index in [1.807, 2.05) is 0 Å². The molecule has 0 spiro atoms. The Bertz CT molecular complexity index is 635. The standard InChI is InChI=1S/C16H17NO5/c18-13(17-9-16(15(20)21)6-3-7-16)8-12-10-4-1-2-5-11(10)14(19)22-12/h1-2,4-5,12H,3,6-9H2,(H,17,18)(H,20,21). The second kappa shape index (κ2) is 5.44. The summed E-state index contributed by atoms with van der Waals surface area (Å²) in [4.78, 5) is 35.0. The van der Waals surface area contributed by atoms with Gasteiger partial charge in [-0.2, -0.15) is 0 Å². The summed E-state index contributed by atoms with van der Waals surface area (Å²) in [7, 11) is 0. The van der Waals surface area contributed by atoms with Crippen LogP contribution in [-0.2, 0) is 14.3 Å². The fraction of sp³-hybridized carbons (Fsp3) is 0.438. The lowest BCUT2D eigenvalue weighted by Gasteiger charge is -2.37. The number of hydrogen-bond acceptors (Lipinski definition) is 4. The lowest BCUT2D eigenvalue weighted by Crippen LogP contribution is -2.47. The average molecular weight is 303 g/mol. The third-order valence-corrected chi connectivity index (χ3v) is 4.54. The molecule has 2 aliphatic rings. The third-order valence-electron chi connectivity index (χ3n) is 4.54. The van der Waals surface area contributed by atoms with Crippen LogP contribution >= 0.6 is 0 Å². The number of rotatable bonds is 5. The minimum atomic E-state index is -0.864. The van der Waals surface area contributed by atoms with E-state index in [4.69, 9.17) is 4.74 Å². The van der Waals surface area contributed by atoms with Crippen molar-refractivity contribution in [2.24, 2.45) is 5.41 Å². The molecule has 0 radical (unpaired) electrons. The Hall–Kier alpha value is -2.37. The van der Waals surface area contributed by atoms with Crippen molar-refractivity contribution in [3.05, 3.63) is 35.4 Å². The molecule has 1 heterocycles. The molecule has 22 heavy (non-hydrogen) atoms. The molecular formula is C16H17NO5. The van der Waals surface area contributed by atoms with Crippen LogP contribution in [-0.4, -0.2) is 29.5 Å². The molecule has 116 valence electrons. The Morgan fingerprint density at radius 3 is 2.68 bits per heavy atom. The zero-order valence-corrected chi connectivity index (χ0v) is 12.0. The number of cyclic esters (lactones) is 1. The molecule has 2 N–H and O–H groups in total. The van der Waals surface area contributed by atoms with Gasteiger partial charge in [-0.05, 0) is 18.9 Å². The first-order valence-corrected chi connectivity index (χ1v) is 7.32. The molecule has 6 heteroatoms. The van der Waals surface area contributed by atoms with Crippen molar-refractivity contribution in [3.63, 3.8) is 0 Å². The number of nitrogens with one attached hydrogen (secondary N) is 1. The summed E-state index contributed by atoms with van der Waals surface area (Å²) < 4.78 is 5.21. The lowest BCUT2D eigenvalue weighted by molar-refractivity contribution is -0.154. The van der Waals surface area contributed by atoms with E-state index < -0.39 is 23.5 Å². The molecule has 0 aromatic heterocycles. The van der Waals surface area contributed by atoms with Gasteiger partial charge < -0.3 is 15.2 Å². The van der Waals surface area contributed by atoms with Gasteiger partial charge in [-0.3, -0.25) is 9.59 Å². The van der Waals surface area contributed by atoms with Crippen molar-refractivity contribution in [2.75, 3.05) is 6.54 Å². The van der Waals surface area contributed by atoms with Crippen LogP contribution in [0.2, 0.25) is 0 Å². The number of amides is 1. The average Bonchev–Trinajstić information content (AvgIpc) is 2.74. The van der Waals surface area contributed by atoms with Crippen molar-refractivity contribution in [2.45, 2.75) is 31.8 Å². The van der Waals surface area contributed by atoms with Crippen LogP contribution in [0, 0.1) is 5.41 Å². The molecule has 0 saturated heterocycles. The van der Waals surface area contributed by atoms with Crippen LogP contribution in [0.3, 0.4) is 0 Å². The van der Waals surface area contributed by atoms with Gasteiger partial charge in [0.25, 0.3) is 0 Å². The van der Waals surface area contributed by atoms with E-state index in [0.717, 1.165) is 6.42 Å². The van der Waals surface area contributed by atoms with E-state index in [0.29, 0.717) is 24.0 Å². The van der Waals surface area contributed by atoms with Gasteiger partial charge in [0.05, 0.1) is 17.4 Å². The van der Waals surface area contributed by atoms with Crippen LogP contribution in [0.5, 0.6) is 0 Å². The summed E-state index contributed by atoms with van der Waals surface area (Å²) in [6.45, 7) is 0.128. The molecule has 3 rings (SSSR count). The van der Waals surface area contributed by atoms with Gasteiger partial charge in [-0.25, -0.2) is 4.79 Å². The maximum Gasteiger partial charge on any atom is 0.339 e. The first kappa shape index (κ1) is 14.6. The van der Waals surface area contributed by atoms with Gasteiger partial charge in [0.1, 0.15) is 6.10 Å². The monoisotopic (exact) mass is 303 g/mol. The third kappa shape index (κ3) is 2.45. The van der Waals surface area contributed by atoms with Crippen LogP contribution in [0.4, 0.5) is 0 Å². The van der Waals surface area contributed by atoms with Gasteiger partial charge in [0, 0.05) is 12.1 Å². The van der Waals surface area contributed by atoms with Crippen molar-refractivity contribution in [1.82, 2.24) is 5.32 Å². The fourth-order valence-electron chi connectivity index (χ4n) is 2.95. The summed E-state index contributed by atoms with van der Waals surface area (Å²) >= 11 is 0. The van der Waals surface area contributed by atoms with Gasteiger partial charge in [0.15, 0.2) is 0 Å². The van der Waals surface area contributed by atoms with Crippen LogP contribution in [0.15, 0.2) is 24.3 Å². The molecule has 1 aromatic rings. The molecule has 1 aliphatic carbocycles. The van der Waals surface area contributed by atoms with Crippen molar-refractivity contribution >= 4 is 17.8 Å². The maximum atomic E-state index is 12.0. The van der Waals surface area contributed by atoms with Gasteiger partial charge >= 0.3 is 11.9 Å². The fourth-order valence-corrected chi connectivity index (χ4v) is 2.95. The van der Waals surface area contributed by atoms with E-state index in [9.17, 15) is 19.5 Å². The van der Waals surface area contributed by atoms with Gasteiger partial charge in [-0.15, -0.1) is 0 Å². The molecule has 1 unspecified atom stereocenters. The molecule has 1 fully saturated rings. The normalized spacial score (nSPS) is 21.5. The smallest absolute Gasteiger partial charge is 0.339 e. The Kier molecular flexibility index (Phi) is 3.60. The molecule has 1 amide bonds. The van der Waals surface area contributed by atoms with E-state index >= 15 is 0 Å². The first-order chi connectivity index (χ1) is 10.5. The Morgan fingerprint density at radius 1 is 1.32 bits per heavy atom. The number of aliphatic carboxylic acids is 1. The van der Waals surface area contributed by atoms with E-state index in [-0.39, 0.29) is 18.9 Å². The van der Waals surface area contributed by atoms with Gasteiger partial charge in [0.2, 0.25) is 5.91 Å². The Balaban J connectivity index is 1.59. The van der Waals surface area contributed by atoms with Crippen molar-refractivity contribution < 1.29 is 24.2 Å². The second-order valence-electron chi connectivity index (χ2n) is 5.90. The highest BCUT2D eigenvalue weighted by atomic mass is 16.5. The number of fused-ring (bicyclic) bond motifs is 1. The molecule has 1 aliphatic heterocycles. The number of ether oxygens (including phenoxy) is 1. The number of carboxylic acids is 1. The van der Waals surface area contributed by atoms with Crippen LogP contribution in [0.25, 0.3) is 0 Å². The number of carboxylic acid groups (broad SMARTS) is 1. The number of esters is 1. The van der Waals surface area contributed by atoms with Crippen LogP contribution in [0.1, 0.15) is 47.7 Å². The van der Waals surface area contributed by atoms with E-state index in [1.54, 1.807) is 24.3 Å². The summed E-state index contributed by atoms with van der Waals surface area (Å²) in [5.41, 5.74) is 0.375. The highest BCUT2D eigenvalue weighted by molar-refractivity contribution is 5.94. The zero-order valence-electron chi connectivity index (χ0n) is 12.0. The van der Waals surface area contributed by atoms with E-state index in [2.05, 4.69) is 5.32 Å². The topological polar surface area (TPSA) is 92.7 Å². The predicted octanol–water partition coefficient (Wildman–Crippen LogP) is 1.66. The number of carbonyl (C=O) groups is 3. The van der Waals surface area contributed by atoms with Crippen molar-refractivity contribution in [3.8, 4) is 0 Å². The molecule has 0 bridgehead atoms. The quantitative estimate of drug-likeness (QED) is 0.807. The SMILES string of the molecule is O=C(CC1OC(=O)c2ccccc21)NCC1(C(=O)O)CCC1. The number of benzene rings is 1. The van der Waals surface area contributed by atoms with Crippen LogP contribution < -0.4 is 5.32 Å². The van der Waals surface area contributed by atoms with Gasteiger partial charge in [-0.1, -0.05) is 24.6 Å². The number of carbonyl (C=O) groups excluding carboxylic acids is 2. The highest BCUT2D eigenvalue weighted by Gasteiger charge is 2.44. The molecule has 1 saturated carbocycles. The largest absolute Gasteiger partial charge is 0.481 e. The summed E-state index contributed by atoms with van der Waals surface area (Å²) in [5, 5.41) is 11.9. The number of hydrogen-bond donors (Lipinski definition) is 2. The maximum absolute atomic E-state index is 12.0. The minimum absolute atomic E-state index is 0.0124. The second-order valence-corrected chi connectivity index (χ2v) is 5.90. The first-order valence-electron chi connectivity index (χ1n) is 7.32. The summed E-state index contributed by atoms with van der Waals surface area (Å²) in [5.74, 6) is -1.59. The molecule has 1 atom stereocenters. The zero-order chi connectivity index (χ0) is 15.7. The highest BCUT2D eigenvalue weighted by Crippen LogP contribution is 2.40.